The highest BCUT2D eigenvalue weighted by Gasteiger charge is 2.19. The number of rotatable bonds is 3. The second-order valence-corrected chi connectivity index (χ2v) is 10.9. The largest absolute Gasteiger partial charge is 0.456 e. The fourth-order valence-electron chi connectivity index (χ4n) is 6.73. The third-order valence-corrected chi connectivity index (χ3v) is 8.58. The molecule has 0 aliphatic carbocycles. The molecule has 0 bridgehead atoms. The lowest BCUT2D eigenvalue weighted by atomic mass is 9.84. The molecule has 8 aromatic carbocycles. The Balaban J connectivity index is 1.39. The lowest BCUT2D eigenvalue weighted by molar-refractivity contribution is 0.669. The zero-order valence-electron chi connectivity index (χ0n) is 27.1. The van der Waals surface area contributed by atoms with Crippen molar-refractivity contribution in [3.8, 4) is 33.4 Å². The molecule has 0 amide bonds. The maximum absolute atomic E-state index is 9.23. The lowest BCUT2D eigenvalue weighted by Crippen LogP contribution is -1.92. The molecule has 0 saturated heterocycles. The van der Waals surface area contributed by atoms with Crippen LogP contribution in [0.4, 0.5) is 0 Å². The molecule has 1 heterocycles. The first-order valence-electron chi connectivity index (χ1n) is 16.4. The van der Waals surface area contributed by atoms with Gasteiger partial charge in [-0.05, 0) is 83.9 Å². The molecule has 0 spiro atoms. The van der Waals surface area contributed by atoms with Crippen molar-refractivity contribution in [3.63, 3.8) is 0 Å². The second kappa shape index (κ2) is 9.44. The van der Waals surface area contributed by atoms with E-state index in [-0.39, 0.29) is 24.2 Å². The Morgan fingerprint density at radius 3 is 1.74 bits per heavy atom. The van der Waals surface area contributed by atoms with Crippen LogP contribution >= 0.6 is 0 Å². The van der Waals surface area contributed by atoms with E-state index >= 15 is 0 Å². The Kier molecular flexibility index (Phi) is 4.45. The van der Waals surface area contributed by atoms with Crippen molar-refractivity contribution in [2.24, 2.45) is 0 Å². The minimum Gasteiger partial charge on any atom is -0.456 e. The standard InChI is InChI=1S/C42H26O/c1-2-12-27(13-3-1)30-15-6-7-17-32(30)41-35-20-10-8-18-33(35)40(34-19-9-11-21-36(34)41)29-22-24-37-39(26-29)43-38-25-23-28-14-4-5-16-31(28)42(37)38/h1-26H/i6D,7D,15D,17D. The van der Waals surface area contributed by atoms with E-state index in [1.807, 2.05) is 60.7 Å². The normalized spacial score (nSPS) is 13.0. The van der Waals surface area contributed by atoms with E-state index in [1.54, 1.807) is 0 Å². The molecule has 1 nitrogen and oxygen atoms in total. The van der Waals surface area contributed by atoms with Crippen molar-refractivity contribution in [3.05, 3.63) is 158 Å². The molecule has 9 aromatic rings. The smallest absolute Gasteiger partial charge is 0.136 e. The first kappa shape index (κ1) is 20.3. The minimum atomic E-state index is -0.246. The molecular weight excluding hydrogens is 520 g/mol. The summed E-state index contributed by atoms with van der Waals surface area (Å²) in [4.78, 5) is 0. The van der Waals surface area contributed by atoms with Crippen LogP contribution in [0, 0.1) is 0 Å². The van der Waals surface area contributed by atoms with Gasteiger partial charge < -0.3 is 4.42 Å². The molecule has 0 fully saturated rings. The van der Waals surface area contributed by atoms with Crippen LogP contribution in [0.5, 0.6) is 0 Å². The van der Waals surface area contributed by atoms with Crippen molar-refractivity contribution < 1.29 is 9.90 Å². The molecule has 0 unspecified atom stereocenters. The fraction of sp³-hybridized carbons (Fsp3) is 0. The van der Waals surface area contributed by atoms with Gasteiger partial charge in [-0.3, -0.25) is 0 Å². The number of hydrogen-bond donors (Lipinski definition) is 0. The van der Waals surface area contributed by atoms with Gasteiger partial charge in [-0.25, -0.2) is 0 Å². The molecule has 1 heteroatoms. The van der Waals surface area contributed by atoms with Gasteiger partial charge in [0.1, 0.15) is 11.2 Å². The molecule has 0 radical (unpaired) electrons. The summed E-state index contributed by atoms with van der Waals surface area (Å²) >= 11 is 0. The van der Waals surface area contributed by atoms with Crippen molar-refractivity contribution in [2.45, 2.75) is 0 Å². The van der Waals surface area contributed by atoms with E-state index in [0.29, 0.717) is 11.1 Å². The summed E-state index contributed by atoms with van der Waals surface area (Å²) in [5.74, 6) is 0. The van der Waals surface area contributed by atoms with Gasteiger partial charge in [-0.2, -0.15) is 0 Å². The van der Waals surface area contributed by atoms with Gasteiger partial charge in [-0.1, -0.05) is 139 Å². The maximum atomic E-state index is 9.23. The fourth-order valence-corrected chi connectivity index (χ4v) is 6.73. The van der Waals surface area contributed by atoms with E-state index in [1.165, 1.54) is 10.8 Å². The Morgan fingerprint density at radius 1 is 0.419 bits per heavy atom. The molecule has 0 atom stereocenters. The first-order chi connectivity index (χ1) is 23.0. The van der Waals surface area contributed by atoms with E-state index < -0.39 is 0 Å². The molecule has 200 valence electrons. The predicted octanol–water partition coefficient (Wildman–Crippen LogP) is 12.0. The van der Waals surface area contributed by atoms with Crippen LogP contribution in [0.1, 0.15) is 5.48 Å². The van der Waals surface area contributed by atoms with Gasteiger partial charge in [-0.15, -0.1) is 0 Å². The Hall–Kier alpha value is -5.66. The molecule has 1 aromatic heterocycles. The van der Waals surface area contributed by atoms with Crippen LogP contribution in [0.2, 0.25) is 0 Å². The molecule has 0 aliphatic heterocycles. The Bertz CT molecular complexity index is 2670. The Morgan fingerprint density at radius 2 is 1.02 bits per heavy atom. The van der Waals surface area contributed by atoms with Crippen molar-refractivity contribution in [1.29, 1.82) is 0 Å². The summed E-state index contributed by atoms with van der Waals surface area (Å²) in [6.07, 6.45) is 0. The van der Waals surface area contributed by atoms with Crippen LogP contribution in [0.15, 0.2) is 162 Å². The Labute approximate surface area is 254 Å². The third-order valence-electron chi connectivity index (χ3n) is 8.58. The maximum Gasteiger partial charge on any atom is 0.136 e. The molecular formula is C42H26O. The highest BCUT2D eigenvalue weighted by molar-refractivity contribution is 6.24. The molecule has 43 heavy (non-hydrogen) atoms. The molecule has 9 rings (SSSR count). The number of fused-ring (bicyclic) bond motifs is 7. The minimum absolute atomic E-state index is 0.0488. The second-order valence-electron chi connectivity index (χ2n) is 10.9. The van der Waals surface area contributed by atoms with Crippen molar-refractivity contribution in [1.82, 2.24) is 0 Å². The lowest BCUT2D eigenvalue weighted by Gasteiger charge is -2.19. The van der Waals surface area contributed by atoms with E-state index in [0.717, 1.165) is 65.7 Å². The first-order valence-corrected chi connectivity index (χ1v) is 14.4. The van der Waals surface area contributed by atoms with Crippen LogP contribution in [-0.2, 0) is 0 Å². The highest BCUT2D eigenvalue weighted by atomic mass is 16.3. The van der Waals surface area contributed by atoms with Crippen LogP contribution < -0.4 is 0 Å². The van der Waals surface area contributed by atoms with E-state index in [2.05, 4.69) is 72.8 Å². The number of benzene rings is 8. The monoisotopic (exact) mass is 550 g/mol. The summed E-state index contributed by atoms with van der Waals surface area (Å²) in [6.45, 7) is 0. The van der Waals surface area contributed by atoms with Crippen LogP contribution in [0.25, 0.3) is 87.6 Å². The average Bonchev–Trinajstić information content (AvgIpc) is 3.50. The SMILES string of the molecule is [2H]c1c([2H])c([2H])c(-c2c3ccccc3c(-c3ccc4c(c3)oc3ccc5ccccc5c34)c3ccccc23)c(-c2ccccc2)c1[2H]. The van der Waals surface area contributed by atoms with Gasteiger partial charge in [0.2, 0.25) is 0 Å². The van der Waals surface area contributed by atoms with E-state index in [9.17, 15) is 1.37 Å². The number of furan rings is 1. The highest BCUT2D eigenvalue weighted by Crippen LogP contribution is 2.47. The summed E-state index contributed by atoms with van der Waals surface area (Å²) in [7, 11) is 0. The van der Waals surface area contributed by atoms with Gasteiger partial charge in [0.05, 0.1) is 5.48 Å². The van der Waals surface area contributed by atoms with Crippen molar-refractivity contribution >= 4 is 54.3 Å². The third kappa shape index (κ3) is 3.65. The molecule has 0 aliphatic rings. The number of hydrogen-bond acceptors (Lipinski definition) is 1. The summed E-state index contributed by atoms with van der Waals surface area (Å²) in [5.41, 5.74) is 6.27. The van der Waals surface area contributed by atoms with E-state index in [4.69, 9.17) is 8.53 Å². The molecule has 0 N–H and O–H groups in total. The van der Waals surface area contributed by atoms with Gasteiger partial charge in [0.15, 0.2) is 0 Å². The van der Waals surface area contributed by atoms with Crippen LogP contribution in [-0.4, -0.2) is 0 Å². The predicted molar refractivity (Wildman–Crippen MR) is 183 cm³/mol. The van der Waals surface area contributed by atoms with Gasteiger partial charge in [0, 0.05) is 10.8 Å². The molecule has 0 saturated carbocycles. The topological polar surface area (TPSA) is 13.1 Å². The van der Waals surface area contributed by atoms with Gasteiger partial charge in [0.25, 0.3) is 0 Å². The zero-order chi connectivity index (χ0) is 31.8. The quantitative estimate of drug-likeness (QED) is 0.199. The van der Waals surface area contributed by atoms with Crippen LogP contribution in [0.3, 0.4) is 0 Å². The summed E-state index contributed by atoms with van der Waals surface area (Å²) in [5, 5.41) is 8.34. The van der Waals surface area contributed by atoms with Gasteiger partial charge >= 0.3 is 0 Å². The summed E-state index contributed by atoms with van der Waals surface area (Å²) < 4.78 is 42.0. The summed E-state index contributed by atoms with van der Waals surface area (Å²) in [6, 6.07) is 44.3. The van der Waals surface area contributed by atoms with Crippen molar-refractivity contribution in [2.75, 3.05) is 0 Å². The zero-order valence-corrected chi connectivity index (χ0v) is 23.1. The average molecular weight is 551 g/mol.